The molecule has 6 nitrogen and oxygen atoms in total. The zero-order valence-corrected chi connectivity index (χ0v) is 13.7. The van der Waals surface area contributed by atoms with Crippen molar-refractivity contribution in [3.63, 3.8) is 0 Å². The minimum absolute atomic E-state index is 0.0681. The molecule has 7 heteroatoms. The standard InChI is InChI=1S/C18H14ClNO5/c19-14-8-10(21)2-6-15(14)24-11-3-5-12-9(7-11)1-4-13(12)16-17(22)20-18(23)25-16/h2-3,5-8,13,16,21H,1,4H2,(H,20,22,23)/t13-,16?/m1/s1. The highest BCUT2D eigenvalue weighted by Crippen LogP contribution is 2.40. The fourth-order valence-electron chi connectivity index (χ4n) is 3.34. The molecule has 0 spiro atoms. The van der Waals surface area contributed by atoms with Gasteiger partial charge in [0, 0.05) is 12.0 Å². The van der Waals surface area contributed by atoms with Crippen molar-refractivity contribution in [2.24, 2.45) is 0 Å². The van der Waals surface area contributed by atoms with Crippen LogP contribution in [0.5, 0.6) is 17.2 Å². The average Bonchev–Trinajstić information content (AvgIpc) is 3.12. The molecule has 25 heavy (non-hydrogen) atoms. The van der Waals surface area contributed by atoms with Crippen LogP contribution in [0.4, 0.5) is 4.79 Å². The fraction of sp³-hybridized carbons (Fsp3) is 0.222. The van der Waals surface area contributed by atoms with E-state index in [-0.39, 0.29) is 17.6 Å². The Morgan fingerprint density at radius 3 is 2.76 bits per heavy atom. The van der Waals surface area contributed by atoms with E-state index < -0.39 is 12.2 Å². The van der Waals surface area contributed by atoms with E-state index in [0.717, 1.165) is 24.0 Å². The second-order valence-corrected chi connectivity index (χ2v) is 6.44. The predicted molar refractivity (Wildman–Crippen MR) is 89.1 cm³/mol. The number of aryl methyl sites for hydroxylation is 1. The maximum Gasteiger partial charge on any atom is 0.414 e. The molecule has 1 heterocycles. The van der Waals surface area contributed by atoms with Crippen molar-refractivity contribution in [2.75, 3.05) is 0 Å². The molecule has 1 saturated heterocycles. The van der Waals surface area contributed by atoms with Gasteiger partial charge in [0.2, 0.25) is 0 Å². The number of carbonyl (C=O) groups excluding carboxylic acids is 2. The molecule has 1 aliphatic heterocycles. The molecule has 2 aromatic carbocycles. The van der Waals surface area contributed by atoms with Crippen LogP contribution in [0.25, 0.3) is 0 Å². The van der Waals surface area contributed by atoms with Gasteiger partial charge in [-0.05, 0) is 48.2 Å². The largest absolute Gasteiger partial charge is 0.508 e. The first-order chi connectivity index (χ1) is 12.0. The van der Waals surface area contributed by atoms with Crippen LogP contribution in [0, 0.1) is 0 Å². The molecule has 1 aliphatic carbocycles. The number of benzene rings is 2. The quantitative estimate of drug-likeness (QED) is 0.876. The molecule has 0 aromatic heterocycles. The van der Waals surface area contributed by atoms with Gasteiger partial charge in [0.25, 0.3) is 5.91 Å². The molecule has 1 unspecified atom stereocenters. The summed E-state index contributed by atoms with van der Waals surface area (Å²) in [6.07, 6.45) is 0.0313. The topological polar surface area (TPSA) is 84.9 Å². The van der Waals surface area contributed by atoms with Crippen molar-refractivity contribution in [3.8, 4) is 17.2 Å². The van der Waals surface area contributed by atoms with Gasteiger partial charge in [-0.15, -0.1) is 0 Å². The summed E-state index contributed by atoms with van der Waals surface area (Å²) in [5, 5.41) is 11.9. The Morgan fingerprint density at radius 1 is 1.20 bits per heavy atom. The normalized spacial score (nSPS) is 21.6. The van der Waals surface area contributed by atoms with Gasteiger partial charge in [0.05, 0.1) is 5.02 Å². The highest BCUT2D eigenvalue weighted by Gasteiger charge is 2.42. The van der Waals surface area contributed by atoms with E-state index >= 15 is 0 Å². The lowest BCUT2D eigenvalue weighted by Crippen LogP contribution is -2.28. The zero-order valence-electron chi connectivity index (χ0n) is 13.0. The minimum atomic E-state index is -0.771. The van der Waals surface area contributed by atoms with Gasteiger partial charge in [0.1, 0.15) is 17.2 Å². The van der Waals surface area contributed by atoms with Crippen LogP contribution in [0.15, 0.2) is 36.4 Å². The zero-order chi connectivity index (χ0) is 17.6. The number of hydrogen-bond acceptors (Lipinski definition) is 5. The predicted octanol–water partition coefficient (Wildman–Crippen LogP) is 3.50. The summed E-state index contributed by atoms with van der Waals surface area (Å²) in [5.41, 5.74) is 2.03. The van der Waals surface area contributed by atoms with Crippen LogP contribution >= 0.6 is 11.6 Å². The molecule has 2 N–H and O–H groups in total. The number of imide groups is 1. The summed E-state index contributed by atoms with van der Waals surface area (Å²) in [7, 11) is 0. The number of aromatic hydroxyl groups is 1. The van der Waals surface area contributed by atoms with Gasteiger partial charge in [0.15, 0.2) is 6.10 Å². The number of alkyl carbamates (subject to hydrolysis) is 1. The Hall–Kier alpha value is -2.73. The molecular formula is C18H14ClNO5. The van der Waals surface area contributed by atoms with Crippen molar-refractivity contribution in [3.05, 3.63) is 52.5 Å². The van der Waals surface area contributed by atoms with E-state index in [1.54, 1.807) is 12.1 Å². The van der Waals surface area contributed by atoms with Gasteiger partial charge in [-0.2, -0.15) is 0 Å². The van der Waals surface area contributed by atoms with Crippen molar-refractivity contribution < 1.29 is 24.2 Å². The van der Waals surface area contributed by atoms with Crippen LogP contribution in [0.2, 0.25) is 5.02 Å². The number of cyclic esters (lactones) is 1. The summed E-state index contributed by atoms with van der Waals surface area (Å²) in [4.78, 5) is 23.1. The molecule has 128 valence electrons. The van der Waals surface area contributed by atoms with E-state index in [9.17, 15) is 14.7 Å². The molecule has 0 radical (unpaired) electrons. The van der Waals surface area contributed by atoms with Gasteiger partial charge >= 0.3 is 6.09 Å². The maximum atomic E-state index is 11.8. The number of phenols is 1. The van der Waals surface area contributed by atoms with Gasteiger partial charge in [-0.3, -0.25) is 10.1 Å². The van der Waals surface area contributed by atoms with Crippen LogP contribution in [-0.2, 0) is 16.0 Å². The Morgan fingerprint density at radius 2 is 2.04 bits per heavy atom. The second kappa shape index (κ2) is 5.97. The summed E-state index contributed by atoms with van der Waals surface area (Å²) >= 11 is 6.06. The lowest BCUT2D eigenvalue weighted by atomic mass is 9.95. The molecule has 1 fully saturated rings. The Balaban J connectivity index is 1.57. The van der Waals surface area contributed by atoms with Gasteiger partial charge < -0.3 is 14.6 Å². The number of amides is 2. The molecule has 2 aliphatic rings. The lowest BCUT2D eigenvalue weighted by molar-refractivity contribution is -0.124. The number of fused-ring (bicyclic) bond motifs is 1. The highest BCUT2D eigenvalue weighted by molar-refractivity contribution is 6.32. The number of ether oxygens (including phenoxy) is 2. The molecule has 0 saturated carbocycles. The van der Waals surface area contributed by atoms with E-state index in [1.165, 1.54) is 12.1 Å². The van der Waals surface area contributed by atoms with E-state index in [2.05, 4.69) is 5.32 Å². The Bertz CT molecular complexity index is 882. The summed E-state index contributed by atoms with van der Waals surface area (Å²) < 4.78 is 10.9. The van der Waals surface area contributed by atoms with Crippen LogP contribution in [0.1, 0.15) is 23.5 Å². The lowest BCUT2D eigenvalue weighted by Gasteiger charge is -2.16. The van der Waals surface area contributed by atoms with Crippen LogP contribution in [-0.4, -0.2) is 23.2 Å². The van der Waals surface area contributed by atoms with Crippen molar-refractivity contribution in [1.82, 2.24) is 5.32 Å². The maximum absolute atomic E-state index is 11.8. The minimum Gasteiger partial charge on any atom is -0.508 e. The third-order valence-corrected chi connectivity index (χ3v) is 4.76. The fourth-order valence-corrected chi connectivity index (χ4v) is 3.55. The Labute approximate surface area is 148 Å². The van der Waals surface area contributed by atoms with E-state index in [0.29, 0.717) is 16.5 Å². The first-order valence-electron chi connectivity index (χ1n) is 7.82. The molecule has 0 bridgehead atoms. The molecular weight excluding hydrogens is 346 g/mol. The molecule has 4 rings (SSSR count). The summed E-state index contributed by atoms with van der Waals surface area (Å²) in [6, 6.07) is 10.1. The summed E-state index contributed by atoms with van der Waals surface area (Å²) in [5.74, 6) is 0.586. The SMILES string of the molecule is O=C1NC(=O)C([C@@H]2CCc3cc(Oc4ccc(O)cc4Cl)ccc32)O1. The highest BCUT2D eigenvalue weighted by atomic mass is 35.5. The van der Waals surface area contributed by atoms with Crippen LogP contribution in [0.3, 0.4) is 0 Å². The number of hydrogen-bond donors (Lipinski definition) is 2. The molecule has 2 aromatic rings. The molecule has 2 atom stereocenters. The number of carbonyl (C=O) groups is 2. The van der Waals surface area contributed by atoms with Crippen molar-refractivity contribution >= 4 is 23.6 Å². The van der Waals surface area contributed by atoms with E-state index in [4.69, 9.17) is 21.1 Å². The smallest absolute Gasteiger partial charge is 0.414 e. The second-order valence-electron chi connectivity index (χ2n) is 6.04. The monoisotopic (exact) mass is 359 g/mol. The first kappa shape index (κ1) is 15.8. The summed E-state index contributed by atoms with van der Waals surface area (Å²) in [6.45, 7) is 0. The number of rotatable bonds is 3. The number of halogens is 1. The Kier molecular flexibility index (Phi) is 3.77. The number of phenolic OH excluding ortho intramolecular Hbond substituents is 1. The van der Waals surface area contributed by atoms with Crippen LogP contribution < -0.4 is 10.1 Å². The van der Waals surface area contributed by atoms with Gasteiger partial charge in [-0.1, -0.05) is 17.7 Å². The molecule has 2 amide bonds. The first-order valence-corrected chi connectivity index (χ1v) is 8.20. The average molecular weight is 360 g/mol. The number of nitrogens with one attached hydrogen (secondary N) is 1. The van der Waals surface area contributed by atoms with E-state index in [1.807, 2.05) is 12.1 Å². The van der Waals surface area contributed by atoms with Crippen molar-refractivity contribution in [2.45, 2.75) is 24.9 Å². The third-order valence-electron chi connectivity index (χ3n) is 4.46. The van der Waals surface area contributed by atoms with Gasteiger partial charge in [-0.25, -0.2) is 4.79 Å². The van der Waals surface area contributed by atoms with Crippen molar-refractivity contribution in [1.29, 1.82) is 0 Å². The third kappa shape index (κ3) is 2.89.